The maximum absolute atomic E-state index is 13.5. The second-order valence-corrected chi connectivity index (χ2v) is 5.94. The molecule has 5 heteroatoms. The normalized spacial score (nSPS) is 10.8. The fraction of sp³-hybridized carbons (Fsp3) is 0. The third-order valence-corrected chi connectivity index (χ3v) is 4.13. The van der Waals surface area contributed by atoms with Crippen LogP contribution >= 0.6 is 11.6 Å². The van der Waals surface area contributed by atoms with Crippen LogP contribution in [0.4, 0.5) is 15.9 Å². The molecular formula is C20H13ClFN3. The van der Waals surface area contributed by atoms with Gasteiger partial charge in [0.25, 0.3) is 0 Å². The minimum absolute atomic E-state index is 0.310. The van der Waals surface area contributed by atoms with Gasteiger partial charge in [0.15, 0.2) is 5.82 Å². The van der Waals surface area contributed by atoms with Gasteiger partial charge in [-0.1, -0.05) is 41.9 Å². The molecule has 0 aliphatic carbocycles. The van der Waals surface area contributed by atoms with Gasteiger partial charge in [-0.15, -0.1) is 0 Å². The van der Waals surface area contributed by atoms with Crippen molar-refractivity contribution in [2.24, 2.45) is 0 Å². The van der Waals surface area contributed by atoms with Gasteiger partial charge in [-0.3, -0.25) is 0 Å². The van der Waals surface area contributed by atoms with Crippen molar-refractivity contribution in [3.63, 3.8) is 0 Å². The van der Waals surface area contributed by atoms with E-state index in [-0.39, 0.29) is 5.82 Å². The van der Waals surface area contributed by atoms with Gasteiger partial charge in [-0.2, -0.15) is 0 Å². The number of benzene rings is 3. The van der Waals surface area contributed by atoms with Crippen LogP contribution < -0.4 is 5.32 Å². The van der Waals surface area contributed by atoms with Crippen LogP contribution in [0.15, 0.2) is 72.8 Å². The standard InChI is InChI=1S/C20H13ClFN3/c21-17-10-3-1-8-15(17)19-24-18-11-4-2-9-16(18)20(25-19)23-14-7-5-6-13(22)12-14/h1-12H,(H,23,24,25). The Labute approximate surface area is 149 Å². The second-order valence-electron chi connectivity index (χ2n) is 5.53. The van der Waals surface area contributed by atoms with Gasteiger partial charge in [0.1, 0.15) is 11.6 Å². The number of para-hydroxylation sites is 1. The van der Waals surface area contributed by atoms with Crippen molar-refractivity contribution >= 4 is 34.0 Å². The van der Waals surface area contributed by atoms with Gasteiger partial charge >= 0.3 is 0 Å². The van der Waals surface area contributed by atoms with Crippen molar-refractivity contribution < 1.29 is 4.39 Å². The number of aromatic nitrogens is 2. The fourth-order valence-electron chi connectivity index (χ4n) is 2.64. The lowest BCUT2D eigenvalue weighted by molar-refractivity contribution is 0.628. The SMILES string of the molecule is Fc1cccc(Nc2nc(-c3ccccc3Cl)nc3ccccc23)c1. The predicted molar refractivity (Wildman–Crippen MR) is 99.7 cm³/mol. The molecule has 0 bridgehead atoms. The first-order valence-corrected chi connectivity index (χ1v) is 8.13. The van der Waals surface area contributed by atoms with Crippen LogP contribution in [0, 0.1) is 5.82 Å². The molecule has 25 heavy (non-hydrogen) atoms. The van der Waals surface area contributed by atoms with Crippen LogP contribution in [-0.4, -0.2) is 9.97 Å². The van der Waals surface area contributed by atoms with E-state index in [4.69, 9.17) is 11.6 Å². The number of nitrogens with zero attached hydrogens (tertiary/aromatic N) is 2. The lowest BCUT2D eigenvalue weighted by Gasteiger charge is -2.11. The average molecular weight is 350 g/mol. The fourth-order valence-corrected chi connectivity index (χ4v) is 2.86. The molecule has 4 rings (SSSR count). The molecule has 0 aliphatic heterocycles. The molecule has 0 unspecified atom stereocenters. The average Bonchev–Trinajstić information content (AvgIpc) is 2.62. The first-order valence-electron chi connectivity index (χ1n) is 7.75. The largest absolute Gasteiger partial charge is 0.340 e. The maximum atomic E-state index is 13.5. The Morgan fingerprint density at radius 3 is 2.48 bits per heavy atom. The maximum Gasteiger partial charge on any atom is 0.163 e. The summed E-state index contributed by atoms with van der Waals surface area (Å²) in [5, 5.41) is 4.61. The third kappa shape index (κ3) is 3.16. The van der Waals surface area contributed by atoms with Crippen LogP contribution in [0.1, 0.15) is 0 Å². The summed E-state index contributed by atoms with van der Waals surface area (Å²) in [6.07, 6.45) is 0. The monoisotopic (exact) mass is 349 g/mol. The summed E-state index contributed by atoms with van der Waals surface area (Å²) in [5.74, 6) is 0.809. The summed E-state index contributed by atoms with van der Waals surface area (Å²) in [6, 6.07) is 21.3. The lowest BCUT2D eigenvalue weighted by atomic mass is 10.1. The zero-order valence-electron chi connectivity index (χ0n) is 13.1. The van der Waals surface area contributed by atoms with Crippen molar-refractivity contribution in [1.29, 1.82) is 0 Å². The molecule has 0 fully saturated rings. The third-order valence-electron chi connectivity index (χ3n) is 3.81. The molecule has 4 aromatic rings. The summed E-state index contributed by atoms with van der Waals surface area (Å²) in [7, 11) is 0. The summed E-state index contributed by atoms with van der Waals surface area (Å²) >= 11 is 6.29. The van der Waals surface area contributed by atoms with E-state index in [0.29, 0.717) is 22.4 Å². The van der Waals surface area contributed by atoms with Crippen molar-refractivity contribution in [2.45, 2.75) is 0 Å². The Morgan fingerprint density at radius 2 is 1.64 bits per heavy atom. The Morgan fingerprint density at radius 1 is 0.840 bits per heavy atom. The van der Waals surface area contributed by atoms with Crippen molar-refractivity contribution in [2.75, 3.05) is 5.32 Å². The van der Waals surface area contributed by atoms with E-state index in [1.54, 1.807) is 18.2 Å². The quantitative estimate of drug-likeness (QED) is 0.505. The van der Waals surface area contributed by atoms with E-state index >= 15 is 0 Å². The molecule has 0 aliphatic rings. The molecule has 3 nitrogen and oxygen atoms in total. The van der Waals surface area contributed by atoms with Gasteiger partial charge < -0.3 is 5.32 Å². The van der Waals surface area contributed by atoms with Gasteiger partial charge in [0.05, 0.1) is 10.5 Å². The summed E-state index contributed by atoms with van der Waals surface area (Å²) in [6.45, 7) is 0. The summed E-state index contributed by atoms with van der Waals surface area (Å²) in [5.41, 5.74) is 2.15. The lowest BCUT2D eigenvalue weighted by Crippen LogP contribution is -1.99. The Balaban J connectivity index is 1.89. The molecule has 0 saturated heterocycles. The summed E-state index contributed by atoms with van der Waals surface area (Å²) < 4.78 is 13.5. The summed E-state index contributed by atoms with van der Waals surface area (Å²) in [4.78, 5) is 9.24. The molecule has 0 amide bonds. The molecule has 1 aromatic heterocycles. The molecule has 0 saturated carbocycles. The number of anilines is 2. The van der Waals surface area contributed by atoms with Gasteiger partial charge in [-0.05, 0) is 42.5 Å². The molecule has 122 valence electrons. The Bertz CT molecular complexity index is 1070. The number of rotatable bonds is 3. The van der Waals surface area contributed by atoms with Gasteiger partial charge in [0.2, 0.25) is 0 Å². The molecular weight excluding hydrogens is 337 g/mol. The highest BCUT2D eigenvalue weighted by atomic mass is 35.5. The smallest absolute Gasteiger partial charge is 0.163 e. The Kier molecular flexibility index (Phi) is 4.04. The number of fused-ring (bicyclic) bond motifs is 1. The van der Waals surface area contributed by atoms with Gasteiger partial charge in [0, 0.05) is 16.6 Å². The first kappa shape index (κ1) is 15.5. The highest BCUT2D eigenvalue weighted by Gasteiger charge is 2.12. The number of hydrogen-bond acceptors (Lipinski definition) is 3. The first-order chi connectivity index (χ1) is 12.2. The van der Waals surface area contributed by atoms with E-state index in [1.165, 1.54) is 12.1 Å². The van der Waals surface area contributed by atoms with Crippen molar-refractivity contribution in [1.82, 2.24) is 9.97 Å². The van der Waals surface area contributed by atoms with E-state index in [2.05, 4.69) is 15.3 Å². The number of hydrogen-bond donors (Lipinski definition) is 1. The van der Waals surface area contributed by atoms with Crippen LogP contribution in [0.25, 0.3) is 22.3 Å². The molecule has 0 atom stereocenters. The highest BCUT2D eigenvalue weighted by Crippen LogP contribution is 2.30. The highest BCUT2D eigenvalue weighted by molar-refractivity contribution is 6.33. The van der Waals surface area contributed by atoms with E-state index < -0.39 is 0 Å². The molecule has 1 N–H and O–H groups in total. The minimum Gasteiger partial charge on any atom is -0.340 e. The second kappa shape index (κ2) is 6.49. The molecule has 1 heterocycles. The zero-order valence-corrected chi connectivity index (χ0v) is 13.8. The Hall–Kier alpha value is -2.98. The van der Waals surface area contributed by atoms with Crippen LogP contribution in [0.5, 0.6) is 0 Å². The van der Waals surface area contributed by atoms with Crippen LogP contribution in [0.3, 0.4) is 0 Å². The molecule has 0 radical (unpaired) electrons. The molecule has 0 spiro atoms. The zero-order chi connectivity index (χ0) is 17.2. The predicted octanol–water partition coefficient (Wildman–Crippen LogP) is 5.83. The van der Waals surface area contributed by atoms with E-state index in [9.17, 15) is 4.39 Å². The molecule has 3 aromatic carbocycles. The van der Waals surface area contributed by atoms with E-state index in [0.717, 1.165) is 16.5 Å². The number of halogens is 2. The van der Waals surface area contributed by atoms with Crippen molar-refractivity contribution in [3.8, 4) is 11.4 Å². The minimum atomic E-state index is -0.310. The number of nitrogens with one attached hydrogen (secondary N) is 1. The van der Waals surface area contributed by atoms with Gasteiger partial charge in [-0.25, -0.2) is 14.4 Å². The topological polar surface area (TPSA) is 37.8 Å². The van der Waals surface area contributed by atoms with Crippen LogP contribution in [0.2, 0.25) is 5.02 Å². The van der Waals surface area contributed by atoms with E-state index in [1.807, 2.05) is 42.5 Å². The van der Waals surface area contributed by atoms with Crippen molar-refractivity contribution in [3.05, 3.63) is 83.6 Å². The van der Waals surface area contributed by atoms with Crippen LogP contribution in [-0.2, 0) is 0 Å².